The number of rotatable bonds is 5. The Labute approximate surface area is 151 Å². The summed E-state index contributed by atoms with van der Waals surface area (Å²) in [4.78, 5) is 13.9. The van der Waals surface area contributed by atoms with Gasteiger partial charge in [-0.2, -0.15) is 0 Å². The van der Waals surface area contributed by atoms with Crippen molar-refractivity contribution in [1.82, 2.24) is 10.2 Å². The number of nitrogens with zero attached hydrogens (tertiary/aromatic N) is 1. The van der Waals surface area contributed by atoms with Crippen molar-refractivity contribution in [3.63, 3.8) is 0 Å². The maximum atomic E-state index is 12.1. The molecule has 1 aromatic rings. The van der Waals surface area contributed by atoms with Crippen LogP contribution in [0.1, 0.15) is 19.8 Å². The molecule has 1 heterocycles. The quantitative estimate of drug-likeness (QED) is 0.667. The molecule has 0 aliphatic carbocycles. The van der Waals surface area contributed by atoms with Gasteiger partial charge in [0.2, 0.25) is 0 Å². The van der Waals surface area contributed by atoms with E-state index in [1.807, 2.05) is 4.90 Å². The van der Waals surface area contributed by atoms with Crippen LogP contribution in [-0.4, -0.2) is 50.6 Å². The maximum absolute atomic E-state index is 12.1. The number of amides is 2. The van der Waals surface area contributed by atoms with Gasteiger partial charge in [0, 0.05) is 24.8 Å². The van der Waals surface area contributed by atoms with E-state index < -0.39 is 28.8 Å². The smallest absolute Gasteiger partial charge is 0.406 e. The lowest BCUT2D eigenvalue weighted by molar-refractivity contribution is -0.274. The summed E-state index contributed by atoms with van der Waals surface area (Å²) in [6.45, 7) is 2.84. The molecule has 3 N–H and O–H groups in total. The predicted molar refractivity (Wildman–Crippen MR) is 90.1 cm³/mol. The Bertz CT molecular complexity index is 634. The number of hydrogen-bond acceptors (Lipinski definition) is 4. The van der Waals surface area contributed by atoms with E-state index >= 15 is 0 Å². The summed E-state index contributed by atoms with van der Waals surface area (Å²) in [5.74, 6) is -0.369. The van der Waals surface area contributed by atoms with Crippen LogP contribution in [0.25, 0.3) is 0 Å². The lowest BCUT2D eigenvalue weighted by Crippen LogP contribution is -2.49. The summed E-state index contributed by atoms with van der Waals surface area (Å²) in [6.07, 6.45) is -3.50. The number of anilines is 1. The molecule has 0 bridgehead atoms. The molecule has 1 saturated heterocycles. The second-order valence-electron chi connectivity index (χ2n) is 5.86. The van der Waals surface area contributed by atoms with E-state index in [1.165, 1.54) is 12.1 Å². The zero-order chi connectivity index (χ0) is 19.3. The summed E-state index contributed by atoms with van der Waals surface area (Å²) < 4.78 is 60.2. The minimum absolute atomic E-state index is 0.0848. The van der Waals surface area contributed by atoms with Gasteiger partial charge < -0.3 is 19.9 Å². The number of benzene rings is 1. The number of alkyl halides is 3. The van der Waals surface area contributed by atoms with Crippen molar-refractivity contribution in [2.45, 2.75) is 37.5 Å². The van der Waals surface area contributed by atoms with Crippen LogP contribution in [0.15, 0.2) is 24.3 Å². The number of carbonyl (C=O) groups excluding carboxylic acids is 1. The Kier molecular flexibility index (Phi) is 6.84. The number of piperidine rings is 1. The molecule has 2 amide bonds. The van der Waals surface area contributed by atoms with Gasteiger partial charge in [0.15, 0.2) is 11.1 Å². The van der Waals surface area contributed by atoms with Crippen molar-refractivity contribution in [1.29, 1.82) is 0 Å². The zero-order valence-corrected chi connectivity index (χ0v) is 14.8. The summed E-state index contributed by atoms with van der Waals surface area (Å²) in [5.41, 5.74) is 0.332. The second-order valence-corrected chi connectivity index (χ2v) is 7.09. The molecule has 7 nitrogen and oxygen atoms in total. The van der Waals surface area contributed by atoms with Crippen molar-refractivity contribution in [2.24, 2.45) is 0 Å². The molecule has 26 heavy (non-hydrogen) atoms. The molecule has 2 unspecified atom stereocenters. The Balaban J connectivity index is 1.78. The van der Waals surface area contributed by atoms with Gasteiger partial charge in [-0.1, -0.05) is 0 Å². The fourth-order valence-electron chi connectivity index (χ4n) is 2.63. The highest BCUT2D eigenvalue weighted by molar-refractivity contribution is 7.79. The van der Waals surface area contributed by atoms with E-state index in [9.17, 15) is 22.2 Å². The van der Waals surface area contributed by atoms with Crippen molar-refractivity contribution < 1.29 is 31.5 Å². The summed E-state index contributed by atoms with van der Waals surface area (Å²) in [6, 6.07) is 4.28. The molecule has 1 aliphatic rings. The van der Waals surface area contributed by atoms with Crippen LogP contribution in [-0.2, 0) is 11.1 Å². The molecule has 1 aromatic carbocycles. The standard InChI is InChI=1S/C15H20F3N3O4S/c1-10(26(23)24)21-8-6-12(7-9-21)20-14(22)19-11-2-4-13(5-3-11)25-15(16,17)18/h2-5,10,12H,6-9H2,1H3,(H,23,24)(H2,19,20,22). The van der Waals surface area contributed by atoms with Crippen LogP contribution >= 0.6 is 0 Å². The summed E-state index contributed by atoms with van der Waals surface area (Å²) in [7, 11) is 0. The highest BCUT2D eigenvalue weighted by atomic mass is 32.2. The maximum Gasteiger partial charge on any atom is 0.573 e. The summed E-state index contributed by atoms with van der Waals surface area (Å²) >= 11 is -1.92. The number of hydrogen-bond donors (Lipinski definition) is 3. The van der Waals surface area contributed by atoms with E-state index in [0.29, 0.717) is 31.6 Å². The predicted octanol–water partition coefficient (Wildman–Crippen LogP) is 2.74. The monoisotopic (exact) mass is 395 g/mol. The molecule has 0 saturated carbocycles. The number of ether oxygens (including phenoxy) is 1. The van der Waals surface area contributed by atoms with Crippen LogP contribution in [0.5, 0.6) is 5.75 Å². The first-order valence-corrected chi connectivity index (χ1v) is 9.08. The highest BCUT2D eigenvalue weighted by Gasteiger charge is 2.31. The molecule has 11 heteroatoms. The topological polar surface area (TPSA) is 90.9 Å². The van der Waals surface area contributed by atoms with Crippen LogP contribution in [0, 0.1) is 0 Å². The average molecular weight is 395 g/mol. The van der Waals surface area contributed by atoms with E-state index in [0.717, 1.165) is 12.1 Å². The molecule has 146 valence electrons. The van der Waals surface area contributed by atoms with Gasteiger partial charge in [-0.15, -0.1) is 13.2 Å². The van der Waals surface area contributed by atoms with Crippen LogP contribution in [0.4, 0.5) is 23.7 Å². The molecule has 2 rings (SSSR count). The van der Waals surface area contributed by atoms with Gasteiger partial charge in [-0.3, -0.25) is 4.90 Å². The van der Waals surface area contributed by atoms with Gasteiger partial charge in [0.05, 0.1) is 0 Å². The minimum Gasteiger partial charge on any atom is -0.406 e. The van der Waals surface area contributed by atoms with Gasteiger partial charge in [0.1, 0.15) is 11.1 Å². The molecule has 1 fully saturated rings. The van der Waals surface area contributed by atoms with E-state index in [4.69, 9.17) is 4.55 Å². The largest absolute Gasteiger partial charge is 0.573 e. The number of likely N-dealkylation sites (tertiary alicyclic amines) is 1. The molecule has 0 aromatic heterocycles. The molecular weight excluding hydrogens is 375 g/mol. The molecule has 0 radical (unpaired) electrons. The normalized spacial score (nSPS) is 18.8. The van der Waals surface area contributed by atoms with Crippen LogP contribution in [0.3, 0.4) is 0 Å². The first-order valence-electron chi connectivity index (χ1n) is 7.91. The van der Waals surface area contributed by atoms with Crippen molar-refractivity contribution in [3.05, 3.63) is 24.3 Å². The Morgan fingerprint density at radius 2 is 1.88 bits per heavy atom. The van der Waals surface area contributed by atoms with Crippen molar-refractivity contribution >= 4 is 22.8 Å². The molecule has 2 atom stereocenters. The SMILES string of the molecule is CC(N1CCC(NC(=O)Nc2ccc(OC(F)(F)F)cc2)CC1)S(=O)O. The van der Waals surface area contributed by atoms with Crippen molar-refractivity contribution in [2.75, 3.05) is 18.4 Å². The molecular formula is C15H20F3N3O4S. The number of nitrogens with one attached hydrogen (secondary N) is 2. The fourth-order valence-corrected chi connectivity index (χ4v) is 3.09. The van der Waals surface area contributed by atoms with E-state index in [1.54, 1.807) is 6.92 Å². The first kappa shape index (κ1) is 20.5. The van der Waals surface area contributed by atoms with Crippen LogP contribution < -0.4 is 15.4 Å². The summed E-state index contributed by atoms with van der Waals surface area (Å²) in [5, 5.41) is 4.87. The average Bonchev–Trinajstić information content (AvgIpc) is 2.55. The first-order chi connectivity index (χ1) is 12.1. The molecule has 0 spiro atoms. The number of carbonyl (C=O) groups is 1. The van der Waals surface area contributed by atoms with Gasteiger partial charge in [-0.25, -0.2) is 9.00 Å². The highest BCUT2D eigenvalue weighted by Crippen LogP contribution is 2.24. The second kappa shape index (κ2) is 8.69. The Morgan fingerprint density at radius 1 is 1.31 bits per heavy atom. The lowest BCUT2D eigenvalue weighted by Gasteiger charge is -2.34. The molecule has 1 aliphatic heterocycles. The van der Waals surface area contributed by atoms with Crippen molar-refractivity contribution in [3.8, 4) is 5.75 Å². The number of halogens is 3. The third-order valence-corrected chi connectivity index (χ3v) is 4.90. The van der Waals surface area contributed by atoms with Gasteiger partial charge in [0.25, 0.3) is 0 Å². The van der Waals surface area contributed by atoms with E-state index in [-0.39, 0.29) is 11.8 Å². The van der Waals surface area contributed by atoms with Crippen LogP contribution in [0.2, 0.25) is 0 Å². The van der Waals surface area contributed by atoms with Gasteiger partial charge in [-0.05, 0) is 44.0 Å². The van der Waals surface area contributed by atoms with E-state index in [2.05, 4.69) is 15.4 Å². The third kappa shape index (κ3) is 6.46. The third-order valence-electron chi connectivity index (χ3n) is 4.02. The fraction of sp³-hybridized carbons (Fsp3) is 0.533. The zero-order valence-electron chi connectivity index (χ0n) is 14.0. The minimum atomic E-state index is -4.76. The van der Waals surface area contributed by atoms with Gasteiger partial charge >= 0.3 is 12.4 Å². The Hall–Kier alpha value is -1.85. The lowest BCUT2D eigenvalue weighted by atomic mass is 10.1. The number of urea groups is 1. The Morgan fingerprint density at radius 3 is 2.38 bits per heavy atom.